The predicted octanol–water partition coefficient (Wildman–Crippen LogP) is 0.840. The molecule has 20 heavy (non-hydrogen) atoms. The Kier molecular flexibility index (Phi) is 4.83. The average Bonchev–Trinajstić information content (AvgIpc) is 2.74. The van der Waals surface area contributed by atoms with Crippen molar-refractivity contribution in [2.75, 3.05) is 7.11 Å². The van der Waals surface area contributed by atoms with Crippen LogP contribution in [-0.4, -0.2) is 38.5 Å². The maximum Gasteiger partial charge on any atom is 0.339 e. The summed E-state index contributed by atoms with van der Waals surface area (Å²) < 4.78 is 5.82. The zero-order valence-corrected chi connectivity index (χ0v) is 12.0. The standard InChI is InChI=1S/C12H19N3O5/c1-5-8-10(15(18)19)9(6-2)14(13-8)7-12(3,17)11(16)20-4/h17H,5-7H2,1-4H3. The van der Waals surface area contributed by atoms with Crippen LogP contribution in [0.15, 0.2) is 0 Å². The number of aliphatic hydroxyl groups is 1. The van der Waals surface area contributed by atoms with E-state index in [-0.39, 0.29) is 12.2 Å². The van der Waals surface area contributed by atoms with E-state index in [0.717, 1.165) is 0 Å². The highest BCUT2D eigenvalue weighted by molar-refractivity contribution is 5.78. The number of aryl methyl sites for hydroxylation is 1. The van der Waals surface area contributed by atoms with Crippen LogP contribution in [0.5, 0.6) is 0 Å². The van der Waals surface area contributed by atoms with Gasteiger partial charge < -0.3 is 9.84 Å². The zero-order chi connectivity index (χ0) is 15.5. The van der Waals surface area contributed by atoms with Gasteiger partial charge in [0.15, 0.2) is 5.60 Å². The molecule has 0 aromatic carbocycles. The Bertz CT molecular complexity index is 521. The Balaban J connectivity index is 3.26. The third-order valence-electron chi connectivity index (χ3n) is 3.03. The van der Waals surface area contributed by atoms with Crippen molar-refractivity contribution in [3.63, 3.8) is 0 Å². The second-order valence-electron chi connectivity index (χ2n) is 4.63. The van der Waals surface area contributed by atoms with Gasteiger partial charge in [0.2, 0.25) is 0 Å². The molecular formula is C12H19N3O5. The summed E-state index contributed by atoms with van der Waals surface area (Å²) in [6.45, 7) is 4.62. The van der Waals surface area contributed by atoms with Crippen LogP contribution in [0.3, 0.4) is 0 Å². The van der Waals surface area contributed by atoms with Crippen molar-refractivity contribution in [1.82, 2.24) is 9.78 Å². The predicted molar refractivity (Wildman–Crippen MR) is 70.3 cm³/mol. The molecule has 1 rings (SSSR count). The highest BCUT2D eigenvalue weighted by atomic mass is 16.6. The van der Waals surface area contributed by atoms with E-state index < -0.39 is 16.5 Å². The molecule has 0 spiro atoms. The minimum atomic E-state index is -1.79. The Morgan fingerprint density at radius 1 is 1.50 bits per heavy atom. The van der Waals surface area contributed by atoms with Gasteiger partial charge in [-0.1, -0.05) is 13.8 Å². The van der Waals surface area contributed by atoms with Crippen LogP contribution in [-0.2, 0) is 28.9 Å². The first kappa shape index (κ1) is 16.1. The zero-order valence-electron chi connectivity index (χ0n) is 12.0. The van der Waals surface area contributed by atoms with E-state index in [9.17, 15) is 20.0 Å². The molecule has 0 bridgehead atoms. The number of hydrogen-bond donors (Lipinski definition) is 1. The molecule has 0 aliphatic heterocycles. The van der Waals surface area contributed by atoms with Gasteiger partial charge in [-0.25, -0.2) is 4.79 Å². The molecule has 1 aromatic heterocycles. The number of esters is 1. The van der Waals surface area contributed by atoms with Crippen molar-refractivity contribution in [2.45, 2.75) is 45.8 Å². The fourth-order valence-corrected chi connectivity index (χ4v) is 2.05. The summed E-state index contributed by atoms with van der Waals surface area (Å²) >= 11 is 0. The maximum atomic E-state index is 11.5. The molecule has 8 nitrogen and oxygen atoms in total. The third-order valence-corrected chi connectivity index (χ3v) is 3.03. The van der Waals surface area contributed by atoms with E-state index in [1.165, 1.54) is 18.7 Å². The first-order valence-electron chi connectivity index (χ1n) is 6.32. The lowest BCUT2D eigenvalue weighted by molar-refractivity contribution is -0.386. The summed E-state index contributed by atoms with van der Waals surface area (Å²) in [6, 6.07) is 0. The number of ether oxygens (including phenoxy) is 1. The molecule has 0 aliphatic rings. The van der Waals surface area contributed by atoms with Gasteiger partial charge >= 0.3 is 11.7 Å². The maximum absolute atomic E-state index is 11.5. The summed E-state index contributed by atoms with van der Waals surface area (Å²) in [5.74, 6) is -0.809. The number of methoxy groups -OCH3 is 1. The van der Waals surface area contributed by atoms with Crippen molar-refractivity contribution in [3.05, 3.63) is 21.5 Å². The Hall–Kier alpha value is -1.96. The summed E-state index contributed by atoms with van der Waals surface area (Å²) in [4.78, 5) is 22.1. The average molecular weight is 285 g/mol. The quantitative estimate of drug-likeness (QED) is 0.471. The fourth-order valence-electron chi connectivity index (χ4n) is 2.05. The van der Waals surface area contributed by atoms with Crippen LogP contribution in [0, 0.1) is 10.1 Å². The van der Waals surface area contributed by atoms with E-state index in [0.29, 0.717) is 24.2 Å². The Labute approximate surface area is 116 Å². The molecule has 112 valence electrons. The summed E-state index contributed by atoms with van der Waals surface area (Å²) in [7, 11) is 1.17. The van der Waals surface area contributed by atoms with E-state index in [1.54, 1.807) is 13.8 Å². The van der Waals surface area contributed by atoms with Gasteiger partial charge in [0, 0.05) is 0 Å². The number of hydrogen-bond acceptors (Lipinski definition) is 6. The number of nitrogens with zero attached hydrogens (tertiary/aromatic N) is 3. The van der Waals surface area contributed by atoms with Crippen molar-refractivity contribution in [2.24, 2.45) is 0 Å². The number of carbonyl (C=O) groups is 1. The van der Waals surface area contributed by atoms with Crippen molar-refractivity contribution in [3.8, 4) is 0 Å². The van der Waals surface area contributed by atoms with E-state index in [1.807, 2.05) is 0 Å². The summed E-state index contributed by atoms with van der Waals surface area (Å²) in [6.07, 6.45) is 0.775. The number of nitro groups is 1. The fraction of sp³-hybridized carbons (Fsp3) is 0.667. The van der Waals surface area contributed by atoms with Crippen LogP contribution in [0.2, 0.25) is 0 Å². The van der Waals surface area contributed by atoms with Crippen molar-refractivity contribution >= 4 is 11.7 Å². The van der Waals surface area contributed by atoms with Crippen LogP contribution in [0.25, 0.3) is 0 Å². The first-order chi connectivity index (χ1) is 9.28. The van der Waals surface area contributed by atoms with Crippen LogP contribution < -0.4 is 0 Å². The molecular weight excluding hydrogens is 266 g/mol. The molecule has 0 fully saturated rings. The van der Waals surface area contributed by atoms with Gasteiger partial charge in [-0.05, 0) is 19.8 Å². The minimum absolute atomic E-state index is 0.0457. The normalized spacial score (nSPS) is 13.8. The molecule has 0 amide bonds. The highest BCUT2D eigenvalue weighted by Gasteiger charge is 2.35. The molecule has 8 heteroatoms. The lowest BCUT2D eigenvalue weighted by Crippen LogP contribution is -2.41. The molecule has 1 N–H and O–H groups in total. The van der Waals surface area contributed by atoms with Gasteiger partial charge in [-0.15, -0.1) is 0 Å². The second kappa shape index (κ2) is 6.00. The molecule has 0 aliphatic carbocycles. The molecule has 0 saturated carbocycles. The largest absolute Gasteiger partial charge is 0.467 e. The van der Waals surface area contributed by atoms with E-state index in [2.05, 4.69) is 9.84 Å². The SMILES string of the molecule is CCc1nn(CC(C)(O)C(=O)OC)c(CC)c1[N+](=O)[O-]. The van der Waals surface area contributed by atoms with Crippen LogP contribution in [0.1, 0.15) is 32.2 Å². The highest BCUT2D eigenvalue weighted by Crippen LogP contribution is 2.26. The topological polar surface area (TPSA) is 107 Å². The first-order valence-corrected chi connectivity index (χ1v) is 6.32. The minimum Gasteiger partial charge on any atom is -0.467 e. The second-order valence-corrected chi connectivity index (χ2v) is 4.63. The van der Waals surface area contributed by atoms with Gasteiger partial charge in [-0.2, -0.15) is 5.10 Å². The summed E-state index contributed by atoms with van der Waals surface area (Å²) in [5.41, 5.74) is -1.11. The van der Waals surface area contributed by atoms with Crippen molar-refractivity contribution in [1.29, 1.82) is 0 Å². The van der Waals surface area contributed by atoms with Crippen LogP contribution in [0.4, 0.5) is 5.69 Å². The van der Waals surface area contributed by atoms with Gasteiger partial charge in [0.25, 0.3) is 0 Å². The lowest BCUT2D eigenvalue weighted by atomic mass is 10.1. The molecule has 1 heterocycles. The Morgan fingerprint density at radius 2 is 2.10 bits per heavy atom. The lowest BCUT2D eigenvalue weighted by Gasteiger charge is -2.20. The summed E-state index contributed by atoms with van der Waals surface area (Å²) in [5, 5.41) is 25.3. The molecule has 1 aromatic rings. The van der Waals surface area contributed by atoms with E-state index >= 15 is 0 Å². The smallest absolute Gasteiger partial charge is 0.339 e. The number of carbonyl (C=O) groups excluding carboxylic acids is 1. The van der Waals surface area contributed by atoms with E-state index in [4.69, 9.17) is 0 Å². The Morgan fingerprint density at radius 3 is 2.50 bits per heavy atom. The molecule has 0 saturated heterocycles. The van der Waals surface area contributed by atoms with Crippen LogP contribution >= 0.6 is 0 Å². The molecule has 1 unspecified atom stereocenters. The number of rotatable bonds is 6. The monoisotopic (exact) mass is 285 g/mol. The van der Waals surface area contributed by atoms with Crippen molar-refractivity contribution < 1.29 is 19.6 Å². The molecule has 1 atom stereocenters. The van der Waals surface area contributed by atoms with Gasteiger partial charge in [0.05, 0.1) is 18.6 Å². The van der Waals surface area contributed by atoms with Gasteiger partial charge in [0.1, 0.15) is 11.4 Å². The molecule has 0 radical (unpaired) electrons. The van der Waals surface area contributed by atoms with Gasteiger partial charge in [-0.3, -0.25) is 14.8 Å². The third kappa shape index (κ3) is 2.96. The number of aromatic nitrogens is 2.